The molecular formula is C14H18N4O. The van der Waals surface area contributed by atoms with Crippen LogP contribution in [0.1, 0.15) is 18.5 Å². The highest BCUT2D eigenvalue weighted by atomic mass is 16.1. The molecule has 0 aliphatic carbocycles. The zero-order chi connectivity index (χ0) is 13.2. The minimum Gasteiger partial charge on any atom is -0.327 e. The fraction of sp³-hybridized carbons (Fsp3) is 0.429. The van der Waals surface area contributed by atoms with E-state index in [1.54, 1.807) is 0 Å². The minimum absolute atomic E-state index is 0.0992. The molecule has 0 spiro atoms. The second-order valence-electron chi connectivity index (χ2n) is 5.17. The van der Waals surface area contributed by atoms with Gasteiger partial charge in [-0.3, -0.25) is 9.69 Å². The summed E-state index contributed by atoms with van der Waals surface area (Å²) in [4.78, 5) is 21.6. The van der Waals surface area contributed by atoms with Crippen LogP contribution in [0.4, 0.5) is 0 Å². The fourth-order valence-electron chi connectivity index (χ4n) is 2.62. The number of fused-ring (bicyclic) bond motifs is 1. The average molecular weight is 258 g/mol. The van der Waals surface area contributed by atoms with Gasteiger partial charge in [0.25, 0.3) is 5.56 Å². The fourth-order valence-corrected chi connectivity index (χ4v) is 2.62. The van der Waals surface area contributed by atoms with Crippen molar-refractivity contribution in [1.82, 2.24) is 14.9 Å². The molecule has 5 heteroatoms. The van der Waals surface area contributed by atoms with Crippen molar-refractivity contribution in [3.63, 3.8) is 0 Å². The number of nitrogens with zero attached hydrogens (tertiary/aromatic N) is 2. The predicted octanol–water partition coefficient (Wildman–Crippen LogP) is 0.846. The lowest BCUT2D eigenvalue weighted by Crippen LogP contribution is -2.43. The molecule has 0 bridgehead atoms. The molecule has 1 aliphatic rings. The van der Waals surface area contributed by atoms with E-state index in [4.69, 9.17) is 5.73 Å². The number of aromatic amines is 1. The molecule has 2 heterocycles. The second-order valence-corrected chi connectivity index (χ2v) is 5.17. The molecule has 0 unspecified atom stereocenters. The molecule has 1 aromatic heterocycles. The number of rotatable bonds is 2. The third kappa shape index (κ3) is 2.67. The molecule has 0 radical (unpaired) electrons. The van der Waals surface area contributed by atoms with Gasteiger partial charge in [-0.2, -0.15) is 0 Å². The molecule has 1 saturated heterocycles. The van der Waals surface area contributed by atoms with Crippen molar-refractivity contribution in [3.8, 4) is 0 Å². The summed E-state index contributed by atoms with van der Waals surface area (Å²) in [6, 6.07) is 7.81. The number of aromatic nitrogens is 2. The lowest BCUT2D eigenvalue weighted by atomic mass is 10.1. The lowest BCUT2D eigenvalue weighted by Gasteiger charge is -2.30. The summed E-state index contributed by atoms with van der Waals surface area (Å²) in [5.41, 5.74) is 8.05. The van der Waals surface area contributed by atoms with E-state index in [0.29, 0.717) is 12.2 Å². The van der Waals surface area contributed by atoms with Crippen molar-refractivity contribution in [2.24, 2.45) is 5.73 Å². The van der Waals surface area contributed by atoms with Crippen LogP contribution in [-0.2, 0) is 6.54 Å². The smallest absolute Gasteiger partial charge is 0.271 e. The number of nitrogens with one attached hydrogen (secondary N) is 1. The van der Waals surface area contributed by atoms with Crippen LogP contribution in [0.25, 0.3) is 11.0 Å². The first kappa shape index (κ1) is 12.3. The SMILES string of the molecule is N[C@@H]1CCCN(Cc2nc3ccccc3[nH]c2=O)C1. The van der Waals surface area contributed by atoms with E-state index in [1.807, 2.05) is 24.3 Å². The van der Waals surface area contributed by atoms with Gasteiger partial charge in [-0.25, -0.2) is 4.98 Å². The average Bonchev–Trinajstić information content (AvgIpc) is 2.40. The Morgan fingerprint density at radius 2 is 2.26 bits per heavy atom. The molecular weight excluding hydrogens is 240 g/mol. The summed E-state index contributed by atoms with van der Waals surface area (Å²) >= 11 is 0. The number of likely N-dealkylation sites (tertiary alicyclic amines) is 1. The number of piperidine rings is 1. The standard InChI is InChI=1S/C14H18N4O/c15-10-4-3-7-18(8-10)9-13-14(19)17-12-6-2-1-5-11(12)16-13/h1-2,5-6,10H,3-4,7-9,15H2,(H,17,19)/t10-/m1/s1. The first-order valence-electron chi connectivity index (χ1n) is 6.68. The van der Waals surface area contributed by atoms with Gasteiger partial charge in [0.05, 0.1) is 11.0 Å². The normalized spacial score (nSPS) is 20.8. The highest BCUT2D eigenvalue weighted by molar-refractivity contribution is 5.73. The van der Waals surface area contributed by atoms with E-state index in [2.05, 4.69) is 14.9 Å². The summed E-state index contributed by atoms with van der Waals surface area (Å²) < 4.78 is 0. The molecule has 19 heavy (non-hydrogen) atoms. The van der Waals surface area contributed by atoms with E-state index >= 15 is 0 Å². The molecule has 2 aromatic rings. The molecule has 5 nitrogen and oxygen atoms in total. The van der Waals surface area contributed by atoms with Crippen molar-refractivity contribution in [1.29, 1.82) is 0 Å². The molecule has 1 aromatic carbocycles. The summed E-state index contributed by atoms with van der Waals surface area (Å²) in [5.74, 6) is 0. The van der Waals surface area contributed by atoms with Crippen molar-refractivity contribution in [2.75, 3.05) is 13.1 Å². The van der Waals surface area contributed by atoms with E-state index in [1.165, 1.54) is 0 Å². The van der Waals surface area contributed by atoms with Crippen molar-refractivity contribution in [2.45, 2.75) is 25.4 Å². The molecule has 3 N–H and O–H groups in total. The van der Waals surface area contributed by atoms with E-state index in [9.17, 15) is 4.79 Å². The Labute approximate surface area is 111 Å². The van der Waals surface area contributed by atoms with Gasteiger partial charge in [-0.1, -0.05) is 12.1 Å². The number of para-hydroxylation sites is 2. The predicted molar refractivity (Wildman–Crippen MR) is 74.9 cm³/mol. The minimum atomic E-state index is -0.0992. The summed E-state index contributed by atoms with van der Waals surface area (Å²) in [6.07, 6.45) is 2.16. The van der Waals surface area contributed by atoms with E-state index in [0.717, 1.165) is 37.0 Å². The maximum atomic E-state index is 12.0. The van der Waals surface area contributed by atoms with Gasteiger partial charge < -0.3 is 10.7 Å². The van der Waals surface area contributed by atoms with Crippen LogP contribution in [0.15, 0.2) is 29.1 Å². The van der Waals surface area contributed by atoms with Crippen LogP contribution >= 0.6 is 0 Å². The van der Waals surface area contributed by atoms with Crippen LogP contribution in [0.3, 0.4) is 0 Å². The number of nitrogens with two attached hydrogens (primary N) is 1. The Hall–Kier alpha value is -1.72. The molecule has 0 amide bonds. The first-order valence-corrected chi connectivity index (χ1v) is 6.68. The van der Waals surface area contributed by atoms with Gasteiger partial charge in [-0.05, 0) is 31.5 Å². The van der Waals surface area contributed by atoms with Crippen molar-refractivity contribution >= 4 is 11.0 Å². The third-order valence-corrected chi connectivity index (χ3v) is 3.59. The topological polar surface area (TPSA) is 75.0 Å². The van der Waals surface area contributed by atoms with Crippen LogP contribution < -0.4 is 11.3 Å². The van der Waals surface area contributed by atoms with Crippen molar-refractivity contribution < 1.29 is 0 Å². The van der Waals surface area contributed by atoms with E-state index < -0.39 is 0 Å². The third-order valence-electron chi connectivity index (χ3n) is 3.59. The van der Waals surface area contributed by atoms with Gasteiger partial charge in [0.2, 0.25) is 0 Å². The maximum Gasteiger partial charge on any atom is 0.271 e. The van der Waals surface area contributed by atoms with Crippen LogP contribution in [0.2, 0.25) is 0 Å². The number of benzene rings is 1. The molecule has 1 fully saturated rings. The monoisotopic (exact) mass is 258 g/mol. The highest BCUT2D eigenvalue weighted by Crippen LogP contribution is 2.11. The molecule has 0 saturated carbocycles. The molecule has 1 atom stereocenters. The summed E-state index contributed by atoms with van der Waals surface area (Å²) in [5, 5.41) is 0. The lowest BCUT2D eigenvalue weighted by molar-refractivity contribution is 0.199. The van der Waals surface area contributed by atoms with Gasteiger partial charge >= 0.3 is 0 Å². The van der Waals surface area contributed by atoms with Gasteiger partial charge in [-0.15, -0.1) is 0 Å². The number of H-pyrrole nitrogens is 1. The van der Waals surface area contributed by atoms with Crippen LogP contribution in [0, 0.1) is 0 Å². The van der Waals surface area contributed by atoms with Gasteiger partial charge in [0, 0.05) is 19.1 Å². The maximum absolute atomic E-state index is 12.0. The van der Waals surface area contributed by atoms with Gasteiger partial charge in [0.15, 0.2) is 0 Å². The van der Waals surface area contributed by atoms with Crippen LogP contribution in [-0.4, -0.2) is 34.0 Å². The Kier molecular flexibility index (Phi) is 3.31. The Morgan fingerprint density at radius 3 is 3.11 bits per heavy atom. The number of hydrogen-bond donors (Lipinski definition) is 2. The largest absolute Gasteiger partial charge is 0.327 e. The molecule has 1 aliphatic heterocycles. The Morgan fingerprint density at radius 1 is 1.42 bits per heavy atom. The second kappa shape index (κ2) is 5.11. The first-order chi connectivity index (χ1) is 9.22. The Bertz CT molecular complexity index is 637. The highest BCUT2D eigenvalue weighted by Gasteiger charge is 2.18. The summed E-state index contributed by atoms with van der Waals surface area (Å²) in [7, 11) is 0. The molecule has 3 rings (SSSR count). The zero-order valence-corrected chi connectivity index (χ0v) is 10.8. The van der Waals surface area contributed by atoms with Crippen LogP contribution in [0.5, 0.6) is 0 Å². The zero-order valence-electron chi connectivity index (χ0n) is 10.8. The Balaban J connectivity index is 1.88. The van der Waals surface area contributed by atoms with Gasteiger partial charge in [0.1, 0.15) is 5.69 Å². The summed E-state index contributed by atoms with van der Waals surface area (Å²) in [6.45, 7) is 2.41. The number of hydrogen-bond acceptors (Lipinski definition) is 4. The quantitative estimate of drug-likeness (QED) is 0.837. The molecule has 100 valence electrons. The van der Waals surface area contributed by atoms with E-state index in [-0.39, 0.29) is 11.6 Å². The van der Waals surface area contributed by atoms with Crippen molar-refractivity contribution in [3.05, 3.63) is 40.3 Å².